The van der Waals surface area contributed by atoms with E-state index in [2.05, 4.69) is 0 Å². The van der Waals surface area contributed by atoms with Gasteiger partial charge >= 0.3 is 0 Å². The van der Waals surface area contributed by atoms with Gasteiger partial charge in [-0.3, -0.25) is 4.79 Å². The second-order valence-electron chi connectivity index (χ2n) is 8.95. The van der Waals surface area contributed by atoms with Gasteiger partial charge < -0.3 is 33.2 Å². The van der Waals surface area contributed by atoms with Crippen molar-refractivity contribution < 1.29 is 38.0 Å². The molecule has 1 heterocycles. The molecule has 208 valence electrons. The minimum atomic E-state index is -0.193. The molecule has 0 saturated carbocycles. The lowest BCUT2D eigenvalue weighted by Crippen LogP contribution is -2.22. The van der Waals surface area contributed by atoms with Crippen LogP contribution in [0.3, 0.4) is 0 Å². The average molecular weight is 529 g/mol. The van der Waals surface area contributed by atoms with Crippen LogP contribution in [0.4, 0.5) is 0 Å². The number of carbonyl (C=O) groups is 1. The summed E-state index contributed by atoms with van der Waals surface area (Å²) in [7, 11) is 6.17. The fourth-order valence-electron chi connectivity index (χ4n) is 4.20. The first-order chi connectivity index (χ1) is 18.6. The molecule has 1 unspecified atom stereocenters. The molecule has 38 heavy (non-hydrogen) atoms. The molecule has 0 spiro atoms. The first-order valence-electron chi connectivity index (χ1n) is 13.2. The van der Waals surface area contributed by atoms with E-state index < -0.39 is 0 Å². The average Bonchev–Trinajstić information content (AvgIpc) is 2.96. The molecular formula is C30H40O8. The summed E-state index contributed by atoms with van der Waals surface area (Å²) in [6.45, 7) is 2.13. The van der Waals surface area contributed by atoms with Crippen LogP contribution < -0.4 is 23.7 Å². The van der Waals surface area contributed by atoms with Gasteiger partial charge in [-0.25, -0.2) is 0 Å². The van der Waals surface area contributed by atoms with Crippen molar-refractivity contribution in [3.8, 4) is 28.7 Å². The molecule has 0 aliphatic carbocycles. The third-order valence-electron chi connectivity index (χ3n) is 6.30. The van der Waals surface area contributed by atoms with Crippen molar-refractivity contribution >= 4 is 11.9 Å². The maximum atomic E-state index is 12.9. The fourth-order valence-corrected chi connectivity index (χ4v) is 4.20. The van der Waals surface area contributed by atoms with Gasteiger partial charge in [0.2, 0.25) is 5.75 Å². The lowest BCUT2D eigenvalue weighted by atomic mass is 10.1. The third-order valence-corrected chi connectivity index (χ3v) is 6.30. The molecule has 1 aliphatic heterocycles. The fraction of sp³-hybridized carbons (Fsp3) is 0.500. The number of benzene rings is 2. The van der Waals surface area contributed by atoms with Gasteiger partial charge in [-0.2, -0.15) is 0 Å². The molecule has 1 fully saturated rings. The second kappa shape index (κ2) is 15.9. The smallest absolute Gasteiger partial charge is 0.203 e. The molecule has 0 bridgehead atoms. The molecule has 0 amide bonds. The monoisotopic (exact) mass is 528 g/mol. The zero-order valence-electron chi connectivity index (χ0n) is 23.0. The topological polar surface area (TPSA) is 81.7 Å². The Kier molecular flexibility index (Phi) is 12.3. The van der Waals surface area contributed by atoms with E-state index in [0.29, 0.717) is 40.9 Å². The summed E-state index contributed by atoms with van der Waals surface area (Å²) in [5.41, 5.74) is 1.25. The maximum Gasteiger partial charge on any atom is 0.203 e. The van der Waals surface area contributed by atoms with E-state index in [1.54, 1.807) is 25.3 Å². The molecule has 8 heteroatoms. The Morgan fingerprint density at radius 3 is 2.18 bits per heavy atom. The molecule has 0 aromatic heterocycles. The Balaban J connectivity index is 1.50. The summed E-state index contributed by atoms with van der Waals surface area (Å²) in [5, 5.41) is 0. The summed E-state index contributed by atoms with van der Waals surface area (Å²) < 4.78 is 38.9. The summed E-state index contributed by atoms with van der Waals surface area (Å²) in [6.07, 6.45) is 10.6. The van der Waals surface area contributed by atoms with Crippen molar-refractivity contribution in [2.75, 3.05) is 48.3 Å². The number of ether oxygens (including phenoxy) is 7. The van der Waals surface area contributed by atoms with Crippen molar-refractivity contribution in [2.45, 2.75) is 51.2 Å². The summed E-state index contributed by atoms with van der Waals surface area (Å²) in [4.78, 5) is 12.9. The molecule has 3 rings (SSSR count). The molecule has 0 N–H and O–H groups in total. The van der Waals surface area contributed by atoms with E-state index in [1.807, 2.05) is 18.2 Å². The number of hydrogen-bond acceptors (Lipinski definition) is 8. The van der Waals surface area contributed by atoms with Crippen LogP contribution in [0, 0.1) is 0 Å². The SMILES string of the molecule is COc1ccc(/C=C/C(=O)c2cc(OC)c(OC)c(OC)c2)cc1OCCCCCCOC1CCCCO1. The molecule has 2 aromatic carbocycles. The summed E-state index contributed by atoms with van der Waals surface area (Å²) in [5.74, 6) is 2.40. The molecule has 1 saturated heterocycles. The first-order valence-corrected chi connectivity index (χ1v) is 13.2. The van der Waals surface area contributed by atoms with E-state index in [9.17, 15) is 4.79 Å². The molecular weight excluding hydrogens is 488 g/mol. The Morgan fingerprint density at radius 2 is 1.55 bits per heavy atom. The van der Waals surface area contributed by atoms with Crippen LogP contribution in [-0.2, 0) is 9.47 Å². The maximum absolute atomic E-state index is 12.9. The van der Waals surface area contributed by atoms with Crippen LogP contribution in [0.5, 0.6) is 28.7 Å². The van der Waals surface area contributed by atoms with E-state index in [-0.39, 0.29) is 12.1 Å². The summed E-state index contributed by atoms with van der Waals surface area (Å²) >= 11 is 0. The summed E-state index contributed by atoms with van der Waals surface area (Å²) in [6, 6.07) is 8.85. The van der Waals surface area contributed by atoms with Crippen LogP contribution in [0.2, 0.25) is 0 Å². The van der Waals surface area contributed by atoms with Gasteiger partial charge in [0.1, 0.15) is 0 Å². The first kappa shape index (κ1) is 29.3. The van der Waals surface area contributed by atoms with Crippen molar-refractivity contribution in [3.63, 3.8) is 0 Å². The lowest BCUT2D eigenvalue weighted by molar-refractivity contribution is -0.162. The largest absolute Gasteiger partial charge is 0.493 e. The number of unbranched alkanes of at least 4 members (excludes halogenated alkanes) is 3. The quantitative estimate of drug-likeness (QED) is 0.147. The van der Waals surface area contributed by atoms with Gasteiger partial charge in [0.15, 0.2) is 35.1 Å². The van der Waals surface area contributed by atoms with Crippen molar-refractivity contribution in [1.29, 1.82) is 0 Å². The normalized spacial score (nSPS) is 15.3. The van der Waals surface area contributed by atoms with E-state index in [4.69, 9.17) is 33.2 Å². The van der Waals surface area contributed by atoms with Crippen LogP contribution >= 0.6 is 0 Å². The standard InChI is InChI=1S/C30H40O8/c1-32-25-15-13-22(12-14-24(31)23-20-27(33-2)30(35-4)28(21-23)34-3)19-26(25)36-16-8-5-6-9-17-37-29-11-7-10-18-38-29/h12-15,19-21,29H,5-11,16-18H2,1-4H3/b14-12+. The third kappa shape index (κ3) is 8.67. The molecule has 1 atom stereocenters. The number of ketones is 1. The van der Waals surface area contributed by atoms with E-state index in [1.165, 1.54) is 33.8 Å². The zero-order chi connectivity index (χ0) is 27.2. The van der Waals surface area contributed by atoms with Crippen LogP contribution in [-0.4, -0.2) is 60.3 Å². The predicted octanol–water partition coefficient (Wildman–Crippen LogP) is 6.10. The van der Waals surface area contributed by atoms with Gasteiger partial charge in [-0.15, -0.1) is 0 Å². The Labute approximate surface area is 225 Å². The van der Waals surface area contributed by atoms with Gasteiger partial charge in [0.05, 0.1) is 35.0 Å². The number of allylic oxidation sites excluding steroid dienone is 1. The number of rotatable bonds is 16. The van der Waals surface area contributed by atoms with Crippen molar-refractivity contribution in [1.82, 2.24) is 0 Å². The number of hydrogen-bond donors (Lipinski definition) is 0. The zero-order valence-corrected chi connectivity index (χ0v) is 23.0. The molecule has 8 nitrogen and oxygen atoms in total. The molecule has 1 aliphatic rings. The minimum absolute atomic E-state index is 0.0157. The highest BCUT2D eigenvalue weighted by atomic mass is 16.7. The molecule has 2 aromatic rings. The predicted molar refractivity (Wildman–Crippen MR) is 146 cm³/mol. The second-order valence-corrected chi connectivity index (χ2v) is 8.95. The number of carbonyl (C=O) groups excluding carboxylic acids is 1. The van der Waals surface area contributed by atoms with Crippen molar-refractivity contribution in [2.24, 2.45) is 0 Å². The highest BCUT2D eigenvalue weighted by Crippen LogP contribution is 2.38. The lowest BCUT2D eigenvalue weighted by Gasteiger charge is -2.22. The van der Waals surface area contributed by atoms with Crippen LogP contribution in [0.25, 0.3) is 6.08 Å². The molecule has 0 radical (unpaired) electrons. The van der Waals surface area contributed by atoms with Crippen LogP contribution in [0.1, 0.15) is 60.9 Å². The van der Waals surface area contributed by atoms with Gasteiger partial charge in [-0.1, -0.05) is 18.6 Å². The van der Waals surface area contributed by atoms with Crippen molar-refractivity contribution in [3.05, 3.63) is 47.5 Å². The van der Waals surface area contributed by atoms with E-state index >= 15 is 0 Å². The number of methoxy groups -OCH3 is 4. The van der Waals surface area contributed by atoms with Gasteiger partial charge in [0.25, 0.3) is 0 Å². The van der Waals surface area contributed by atoms with Gasteiger partial charge in [0, 0.05) is 18.8 Å². The Morgan fingerprint density at radius 1 is 0.842 bits per heavy atom. The van der Waals surface area contributed by atoms with Gasteiger partial charge in [-0.05, 0) is 74.4 Å². The van der Waals surface area contributed by atoms with E-state index in [0.717, 1.165) is 57.3 Å². The Hall–Kier alpha value is -3.23. The van der Waals surface area contributed by atoms with Crippen LogP contribution in [0.15, 0.2) is 36.4 Å². The highest BCUT2D eigenvalue weighted by molar-refractivity contribution is 6.07. The minimum Gasteiger partial charge on any atom is -0.493 e. The Bertz CT molecular complexity index is 1020. The highest BCUT2D eigenvalue weighted by Gasteiger charge is 2.16.